The molecule has 5 nitrogen and oxygen atoms in total. The Morgan fingerprint density at radius 2 is 2.21 bits per heavy atom. The van der Waals surface area contributed by atoms with E-state index in [2.05, 4.69) is 44.9 Å². The summed E-state index contributed by atoms with van der Waals surface area (Å²) in [5.74, 6) is 2.33. The molecule has 0 radical (unpaired) electrons. The second-order valence-corrected chi connectivity index (χ2v) is 5.88. The molecule has 2 aromatic rings. The zero-order valence-electron chi connectivity index (χ0n) is 11.0. The fourth-order valence-electron chi connectivity index (χ4n) is 2.04. The van der Waals surface area contributed by atoms with E-state index in [0.717, 1.165) is 27.3 Å². The number of nitrogens with zero attached hydrogens (tertiary/aromatic N) is 4. The number of rotatable bonds is 4. The molecule has 1 saturated carbocycles. The molecular weight excluding hydrogens is 353 g/mol. The minimum atomic E-state index is 0.614. The van der Waals surface area contributed by atoms with Gasteiger partial charge in [-0.3, -0.25) is 4.68 Å². The van der Waals surface area contributed by atoms with Crippen LogP contribution in [0.4, 0.5) is 5.82 Å². The first kappa shape index (κ1) is 12.8. The van der Waals surface area contributed by atoms with Crippen LogP contribution in [0.2, 0.25) is 0 Å². The van der Waals surface area contributed by atoms with Gasteiger partial charge in [0.2, 0.25) is 0 Å². The van der Waals surface area contributed by atoms with Gasteiger partial charge in [-0.2, -0.15) is 5.10 Å². The molecule has 19 heavy (non-hydrogen) atoms. The smallest absolute Gasteiger partial charge is 0.165 e. The zero-order chi connectivity index (χ0) is 13.4. The first-order chi connectivity index (χ1) is 9.19. The van der Waals surface area contributed by atoms with Gasteiger partial charge >= 0.3 is 0 Å². The predicted octanol–water partition coefficient (Wildman–Crippen LogP) is 2.79. The molecule has 2 aromatic heterocycles. The lowest BCUT2D eigenvalue weighted by atomic mass is 10.2. The maximum Gasteiger partial charge on any atom is 0.165 e. The summed E-state index contributed by atoms with van der Waals surface area (Å²) >= 11 is 2.35. The average molecular weight is 369 g/mol. The van der Waals surface area contributed by atoms with E-state index in [4.69, 9.17) is 4.98 Å². The average Bonchev–Trinajstić information content (AvgIpc) is 3.14. The zero-order valence-corrected chi connectivity index (χ0v) is 13.2. The molecule has 0 aliphatic heterocycles. The normalized spacial score (nSPS) is 14.7. The molecule has 0 amide bonds. The van der Waals surface area contributed by atoms with Gasteiger partial charge in [-0.05, 0) is 42.4 Å². The van der Waals surface area contributed by atoms with Crippen LogP contribution in [0.25, 0.3) is 11.4 Å². The van der Waals surface area contributed by atoms with Crippen LogP contribution in [0, 0.1) is 3.57 Å². The van der Waals surface area contributed by atoms with Crippen molar-refractivity contribution in [3.63, 3.8) is 0 Å². The lowest BCUT2D eigenvalue weighted by molar-refractivity contribution is 0.768. The van der Waals surface area contributed by atoms with Crippen molar-refractivity contribution in [2.24, 2.45) is 7.05 Å². The predicted molar refractivity (Wildman–Crippen MR) is 83.1 cm³/mol. The molecule has 1 aliphatic carbocycles. The highest BCUT2D eigenvalue weighted by molar-refractivity contribution is 14.1. The maximum absolute atomic E-state index is 4.75. The lowest BCUT2D eigenvalue weighted by Gasteiger charge is -2.11. The van der Waals surface area contributed by atoms with Gasteiger partial charge in [0.15, 0.2) is 5.82 Å². The fourth-order valence-corrected chi connectivity index (χ4v) is 2.91. The quantitative estimate of drug-likeness (QED) is 0.843. The third-order valence-corrected chi connectivity index (χ3v) is 4.21. The van der Waals surface area contributed by atoms with Crippen molar-refractivity contribution in [3.05, 3.63) is 21.7 Å². The number of anilines is 1. The Morgan fingerprint density at radius 3 is 2.79 bits per heavy atom. The number of hydrogen-bond acceptors (Lipinski definition) is 4. The van der Waals surface area contributed by atoms with Crippen LogP contribution in [0.5, 0.6) is 0 Å². The number of nitrogens with one attached hydrogen (secondary N) is 1. The van der Waals surface area contributed by atoms with Crippen molar-refractivity contribution in [2.45, 2.75) is 25.7 Å². The van der Waals surface area contributed by atoms with Crippen molar-refractivity contribution in [1.29, 1.82) is 0 Å². The Balaban J connectivity index is 2.08. The highest BCUT2D eigenvalue weighted by Crippen LogP contribution is 2.42. The SMILES string of the molecule is CCNc1nc(-c2cnn(C)c2)nc(C2CC2)c1I. The Kier molecular flexibility index (Phi) is 3.42. The number of aromatic nitrogens is 4. The molecule has 0 atom stereocenters. The molecule has 100 valence electrons. The third kappa shape index (κ3) is 2.58. The van der Waals surface area contributed by atoms with E-state index in [0.29, 0.717) is 5.92 Å². The van der Waals surface area contributed by atoms with Crippen LogP contribution in [-0.2, 0) is 7.05 Å². The van der Waals surface area contributed by atoms with E-state index < -0.39 is 0 Å². The number of aryl methyl sites for hydroxylation is 1. The maximum atomic E-state index is 4.75. The van der Waals surface area contributed by atoms with Gasteiger partial charge in [-0.15, -0.1) is 0 Å². The molecule has 1 aliphatic rings. The molecule has 2 heterocycles. The van der Waals surface area contributed by atoms with E-state index in [-0.39, 0.29) is 0 Å². The van der Waals surface area contributed by atoms with Crippen molar-refractivity contribution < 1.29 is 0 Å². The third-order valence-electron chi connectivity index (χ3n) is 3.15. The van der Waals surface area contributed by atoms with Crippen molar-refractivity contribution in [1.82, 2.24) is 19.7 Å². The second kappa shape index (κ2) is 5.07. The lowest BCUT2D eigenvalue weighted by Crippen LogP contribution is -2.07. The Labute approximate surface area is 126 Å². The van der Waals surface area contributed by atoms with Crippen LogP contribution in [-0.4, -0.2) is 26.3 Å². The van der Waals surface area contributed by atoms with E-state index >= 15 is 0 Å². The summed E-state index contributed by atoms with van der Waals surface area (Å²) in [6, 6.07) is 0. The highest BCUT2D eigenvalue weighted by atomic mass is 127. The second-order valence-electron chi connectivity index (χ2n) is 4.80. The summed E-state index contributed by atoms with van der Waals surface area (Å²) < 4.78 is 2.94. The Morgan fingerprint density at radius 1 is 1.42 bits per heavy atom. The van der Waals surface area contributed by atoms with Gasteiger partial charge in [0.05, 0.1) is 21.0 Å². The summed E-state index contributed by atoms with van der Waals surface area (Å²) in [4.78, 5) is 9.38. The number of halogens is 1. The van der Waals surface area contributed by atoms with E-state index in [1.165, 1.54) is 18.5 Å². The highest BCUT2D eigenvalue weighted by Gasteiger charge is 2.29. The Bertz CT molecular complexity index is 603. The van der Waals surface area contributed by atoms with Gasteiger partial charge < -0.3 is 5.32 Å². The standard InChI is InChI=1S/C13H16IN5/c1-3-15-13-10(14)11(8-4-5-8)17-12(18-13)9-6-16-19(2)7-9/h6-8H,3-5H2,1-2H3,(H,15,17,18). The van der Waals surface area contributed by atoms with Gasteiger partial charge in [0, 0.05) is 25.7 Å². The molecule has 0 aromatic carbocycles. The summed E-state index contributed by atoms with van der Waals surface area (Å²) in [6.07, 6.45) is 6.25. The monoisotopic (exact) mass is 369 g/mol. The first-order valence-electron chi connectivity index (χ1n) is 6.49. The topological polar surface area (TPSA) is 55.6 Å². The minimum absolute atomic E-state index is 0.614. The molecule has 3 rings (SSSR count). The van der Waals surface area contributed by atoms with Crippen LogP contribution in [0.15, 0.2) is 12.4 Å². The molecule has 1 fully saturated rings. The fraction of sp³-hybridized carbons (Fsp3) is 0.462. The van der Waals surface area contributed by atoms with Crippen molar-refractivity contribution in [3.8, 4) is 11.4 Å². The van der Waals surface area contributed by atoms with E-state index in [1.807, 2.05) is 19.4 Å². The van der Waals surface area contributed by atoms with Crippen LogP contribution < -0.4 is 5.32 Å². The molecule has 0 spiro atoms. The van der Waals surface area contributed by atoms with E-state index in [9.17, 15) is 0 Å². The van der Waals surface area contributed by atoms with Crippen molar-refractivity contribution >= 4 is 28.4 Å². The first-order valence-corrected chi connectivity index (χ1v) is 7.57. The molecule has 0 saturated heterocycles. The Hall–Kier alpha value is -1.18. The molecule has 6 heteroatoms. The van der Waals surface area contributed by atoms with Crippen molar-refractivity contribution in [2.75, 3.05) is 11.9 Å². The van der Waals surface area contributed by atoms with Crippen LogP contribution in [0.1, 0.15) is 31.4 Å². The summed E-state index contributed by atoms with van der Waals surface area (Å²) in [5, 5.41) is 7.53. The van der Waals surface area contributed by atoms with Gasteiger partial charge in [-0.25, -0.2) is 9.97 Å². The van der Waals surface area contributed by atoms with Crippen LogP contribution >= 0.6 is 22.6 Å². The number of hydrogen-bond donors (Lipinski definition) is 1. The summed E-state index contributed by atoms with van der Waals surface area (Å²) in [7, 11) is 1.91. The van der Waals surface area contributed by atoms with E-state index in [1.54, 1.807) is 4.68 Å². The molecule has 0 unspecified atom stereocenters. The molecule has 0 bridgehead atoms. The van der Waals surface area contributed by atoms with Gasteiger partial charge in [-0.1, -0.05) is 0 Å². The largest absolute Gasteiger partial charge is 0.369 e. The summed E-state index contributed by atoms with van der Waals surface area (Å²) in [6.45, 7) is 2.95. The van der Waals surface area contributed by atoms with Gasteiger partial charge in [0.25, 0.3) is 0 Å². The summed E-state index contributed by atoms with van der Waals surface area (Å²) in [5.41, 5.74) is 2.16. The molecular formula is C13H16IN5. The van der Waals surface area contributed by atoms with Gasteiger partial charge in [0.1, 0.15) is 5.82 Å². The molecule has 1 N–H and O–H groups in total. The van der Waals surface area contributed by atoms with Crippen LogP contribution in [0.3, 0.4) is 0 Å². The minimum Gasteiger partial charge on any atom is -0.369 e.